The van der Waals surface area contributed by atoms with Gasteiger partial charge in [-0.05, 0) is 24.0 Å². The van der Waals surface area contributed by atoms with Gasteiger partial charge in [0.15, 0.2) is 0 Å². The maximum atomic E-state index is 11.7. The van der Waals surface area contributed by atoms with Gasteiger partial charge in [-0.1, -0.05) is 36.5 Å². The minimum absolute atomic E-state index is 0.210. The van der Waals surface area contributed by atoms with Gasteiger partial charge in [0.2, 0.25) is 0 Å². The molecule has 3 nitrogen and oxygen atoms in total. The van der Waals surface area contributed by atoms with Crippen LogP contribution in [0.3, 0.4) is 0 Å². The van der Waals surface area contributed by atoms with Gasteiger partial charge in [-0.2, -0.15) is 0 Å². The van der Waals surface area contributed by atoms with E-state index in [9.17, 15) is 4.79 Å². The average molecular weight is 210 g/mol. The second-order valence-corrected chi connectivity index (χ2v) is 3.88. The van der Waals surface area contributed by atoms with E-state index < -0.39 is 0 Å². The first kappa shape index (κ1) is 9.21. The first-order valence-electron chi connectivity index (χ1n) is 5.29. The number of carbonyl (C=O) groups is 1. The summed E-state index contributed by atoms with van der Waals surface area (Å²) in [4.78, 5) is 11.7. The number of hydrogen-bond donors (Lipinski definition) is 0. The third kappa shape index (κ3) is 1.33. The topological polar surface area (TPSA) is 41.8 Å². The summed E-state index contributed by atoms with van der Waals surface area (Å²) in [5.41, 5.74) is 3.54. The molecule has 0 N–H and O–H groups in total. The van der Waals surface area contributed by atoms with Crippen molar-refractivity contribution in [2.45, 2.75) is 12.8 Å². The van der Waals surface area contributed by atoms with E-state index in [1.165, 1.54) is 0 Å². The zero-order valence-electron chi connectivity index (χ0n) is 8.68. The minimum Gasteiger partial charge on any atom is -0.265 e. The largest absolute Gasteiger partial charge is 0.297 e. The quantitative estimate of drug-likeness (QED) is 0.690. The zero-order chi connectivity index (χ0) is 11.0. The van der Waals surface area contributed by atoms with Crippen molar-refractivity contribution in [2.24, 2.45) is 10.2 Å². The molecule has 0 spiro atoms. The highest BCUT2D eigenvalue weighted by Gasteiger charge is 2.27. The lowest BCUT2D eigenvalue weighted by Gasteiger charge is -2.04. The van der Waals surface area contributed by atoms with Crippen molar-refractivity contribution in [3.8, 4) is 0 Å². The van der Waals surface area contributed by atoms with Crippen LogP contribution in [0.4, 0.5) is 0 Å². The van der Waals surface area contributed by atoms with E-state index in [4.69, 9.17) is 0 Å². The van der Waals surface area contributed by atoms with Crippen molar-refractivity contribution in [3.05, 3.63) is 58.9 Å². The molecule has 3 aliphatic rings. The van der Waals surface area contributed by atoms with Gasteiger partial charge < -0.3 is 0 Å². The van der Waals surface area contributed by atoms with Crippen LogP contribution in [-0.4, -0.2) is 5.91 Å². The van der Waals surface area contributed by atoms with Crippen molar-refractivity contribution < 1.29 is 4.79 Å². The molecule has 0 aromatic heterocycles. The van der Waals surface area contributed by atoms with Gasteiger partial charge >= 0.3 is 0 Å². The van der Waals surface area contributed by atoms with Crippen molar-refractivity contribution in [1.82, 2.24) is 0 Å². The Morgan fingerprint density at radius 3 is 2.25 bits per heavy atom. The minimum atomic E-state index is -0.210. The Labute approximate surface area is 93.3 Å². The Morgan fingerprint density at radius 1 is 0.938 bits per heavy atom. The van der Waals surface area contributed by atoms with E-state index in [0.717, 1.165) is 29.7 Å². The highest BCUT2D eigenvalue weighted by atomic mass is 16.2. The van der Waals surface area contributed by atoms with Crippen molar-refractivity contribution >= 4 is 5.91 Å². The molecular weight excluding hydrogens is 200 g/mol. The fourth-order valence-corrected chi connectivity index (χ4v) is 2.07. The highest BCUT2D eigenvalue weighted by Crippen LogP contribution is 2.34. The van der Waals surface area contributed by atoms with Crippen LogP contribution in [0.25, 0.3) is 0 Å². The monoisotopic (exact) mass is 210 g/mol. The molecule has 1 aliphatic heterocycles. The van der Waals surface area contributed by atoms with Gasteiger partial charge in [0, 0.05) is 0 Å². The Balaban J connectivity index is 2.04. The van der Waals surface area contributed by atoms with Crippen LogP contribution in [0.1, 0.15) is 12.8 Å². The SMILES string of the molecule is O=C1N=NC(C2=CC=CC2)=C1C1=CC=CC1. The van der Waals surface area contributed by atoms with Crippen LogP contribution in [0, 0.1) is 0 Å². The van der Waals surface area contributed by atoms with Gasteiger partial charge in [-0.25, -0.2) is 0 Å². The summed E-state index contributed by atoms with van der Waals surface area (Å²) in [5.74, 6) is -0.210. The van der Waals surface area contributed by atoms with Crippen molar-refractivity contribution in [1.29, 1.82) is 0 Å². The summed E-state index contributed by atoms with van der Waals surface area (Å²) in [6, 6.07) is 0. The molecule has 2 aliphatic carbocycles. The Bertz CT molecular complexity index is 510. The van der Waals surface area contributed by atoms with Gasteiger partial charge in [0.05, 0.1) is 5.57 Å². The molecule has 0 saturated heterocycles. The molecule has 3 heteroatoms. The number of azo groups is 1. The third-order valence-corrected chi connectivity index (χ3v) is 2.86. The molecule has 0 fully saturated rings. The van der Waals surface area contributed by atoms with E-state index in [1.54, 1.807) is 0 Å². The lowest BCUT2D eigenvalue weighted by atomic mass is 9.99. The fraction of sp³-hybridized carbons (Fsp3) is 0.154. The number of carbonyl (C=O) groups excluding carboxylic acids is 1. The molecule has 3 rings (SSSR count). The summed E-state index contributed by atoms with van der Waals surface area (Å²) in [7, 11) is 0. The Kier molecular flexibility index (Phi) is 2.03. The van der Waals surface area contributed by atoms with E-state index in [-0.39, 0.29) is 5.91 Å². The number of nitrogens with zero attached hydrogens (tertiary/aromatic N) is 2. The molecule has 0 atom stereocenters. The second-order valence-electron chi connectivity index (χ2n) is 3.88. The summed E-state index contributed by atoms with van der Waals surface area (Å²) in [6.45, 7) is 0. The van der Waals surface area contributed by atoms with Crippen LogP contribution in [0.5, 0.6) is 0 Å². The smallest absolute Gasteiger partial charge is 0.265 e. The average Bonchev–Trinajstić information content (AvgIpc) is 2.96. The normalized spacial score (nSPS) is 22.4. The molecule has 0 radical (unpaired) electrons. The first-order chi connectivity index (χ1) is 7.86. The number of hydrogen-bond acceptors (Lipinski definition) is 2. The molecule has 1 heterocycles. The molecule has 0 aromatic carbocycles. The summed E-state index contributed by atoms with van der Waals surface area (Å²) < 4.78 is 0. The predicted molar refractivity (Wildman–Crippen MR) is 60.6 cm³/mol. The number of amides is 1. The van der Waals surface area contributed by atoms with Crippen LogP contribution in [-0.2, 0) is 4.79 Å². The van der Waals surface area contributed by atoms with E-state index in [2.05, 4.69) is 16.3 Å². The summed E-state index contributed by atoms with van der Waals surface area (Å²) in [6.07, 6.45) is 13.6. The zero-order valence-corrected chi connectivity index (χ0v) is 8.68. The lowest BCUT2D eigenvalue weighted by Crippen LogP contribution is -2.00. The molecule has 78 valence electrons. The summed E-state index contributed by atoms with van der Waals surface area (Å²) >= 11 is 0. The Hall–Kier alpha value is -2.03. The molecule has 0 aromatic rings. The second kappa shape index (κ2) is 3.52. The predicted octanol–water partition coefficient (Wildman–Crippen LogP) is 3.01. The van der Waals surface area contributed by atoms with Gasteiger partial charge in [0.25, 0.3) is 5.91 Å². The highest BCUT2D eigenvalue weighted by molar-refractivity contribution is 6.01. The maximum Gasteiger partial charge on any atom is 0.297 e. The Morgan fingerprint density at radius 2 is 1.62 bits per heavy atom. The number of rotatable bonds is 2. The lowest BCUT2D eigenvalue weighted by molar-refractivity contribution is -0.114. The van der Waals surface area contributed by atoms with Crippen LogP contribution in [0.2, 0.25) is 0 Å². The van der Waals surface area contributed by atoms with E-state index >= 15 is 0 Å². The molecule has 16 heavy (non-hydrogen) atoms. The van der Waals surface area contributed by atoms with Gasteiger partial charge in [-0.15, -0.1) is 10.2 Å². The molecule has 0 saturated carbocycles. The molecule has 1 amide bonds. The van der Waals surface area contributed by atoms with E-state index in [1.807, 2.05) is 30.4 Å². The van der Waals surface area contributed by atoms with Crippen LogP contribution >= 0.6 is 0 Å². The van der Waals surface area contributed by atoms with E-state index in [0.29, 0.717) is 5.57 Å². The number of allylic oxidation sites excluding steroid dienone is 7. The van der Waals surface area contributed by atoms with Crippen molar-refractivity contribution in [3.63, 3.8) is 0 Å². The molecule has 0 bridgehead atoms. The van der Waals surface area contributed by atoms with Crippen LogP contribution < -0.4 is 0 Å². The fourth-order valence-electron chi connectivity index (χ4n) is 2.07. The maximum absolute atomic E-state index is 11.7. The third-order valence-electron chi connectivity index (χ3n) is 2.86. The van der Waals surface area contributed by atoms with Crippen molar-refractivity contribution in [2.75, 3.05) is 0 Å². The van der Waals surface area contributed by atoms with Gasteiger partial charge in [0.1, 0.15) is 5.70 Å². The first-order valence-corrected chi connectivity index (χ1v) is 5.29. The standard InChI is InChI=1S/C13H10N2O/c16-13-11(9-5-1-2-6-9)12(14-15-13)10-7-3-4-8-10/h1-5,7H,6,8H2. The molecule has 0 unspecified atom stereocenters. The molecular formula is C13H10N2O. The van der Waals surface area contributed by atoms with Gasteiger partial charge in [-0.3, -0.25) is 4.79 Å². The summed E-state index contributed by atoms with van der Waals surface area (Å²) in [5, 5.41) is 7.67. The van der Waals surface area contributed by atoms with Crippen LogP contribution in [0.15, 0.2) is 69.1 Å².